The molecule has 0 radical (unpaired) electrons. The summed E-state index contributed by atoms with van der Waals surface area (Å²) in [6.45, 7) is -0.323. The quantitative estimate of drug-likeness (QED) is 0.311. The minimum absolute atomic E-state index is 0.0294. The van der Waals surface area contributed by atoms with Crippen LogP contribution >= 0.6 is 22.6 Å². The highest BCUT2D eigenvalue weighted by Gasteiger charge is 2.21. The number of aromatic nitrogens is 2. The number of hydrogen-bond acceptors (Lipinski definition) is 6. The number of imidazole rings is 1. The predicted molar refractivity (Wildman–Crippen MR) is 98.5 cm³/mol. The van der Waals surface area contributed by atoms with Crippen molar-refractivity contribution in [2.24, 2.45) is 7.05 Å². The molecule has 0 fully saturated rings. The number of benzene rings is 1. The first-order chi connectivity index (χ1) is 12.3. The lowest BCUT2D eigenvalue weighted by molar-refractivity contribution is 0.0165. The van der Waals surface area contributed by atoms with Crippen LogP contribution in [-0.4, -0.2) is 51.7 Å². The maximum Gasteiger partial charge on any atom is 0.307 e. The van der Waals surface area contributed by atoms with Crippen molar-refractivity contribution in [1.29, 1.82) is 0 Å². The number of amides is 2. The normalized spacial score (nSPS) is 10.5. The van der Waals surface area contributed by atoms with E-state index in [2.05, 4.69) is 15.9 Å². The average molecular weight is 477 g/mol. The summed E-state index contributed by atoms with van der Waals surface area (Å²) >= 11 is 1.98. The Balaban J connectivity index is 2.09. The van der Waals surface area contributed by atoms with Gasteiger partial charge in [0.25, 0.3) is 5.91 Å². The number of hydrogen-bond donors (Lipinski definition) is 3. The monoisotopic (exact) mass is 477 g/mol. The van der Waals surface area contributed by atoms with Crippen LogP contribution in [0.15, 0.2) is 24.4 Å². The molecule has 26 heavy (non-hydrogen) atoms. The van der Waals surface area contributed by atoms with Crippen LogP contribution < -0.4 is 10.9 Å². The van der Waals surface area contributed by atoms with E-state index in [0.29, 0.717) is 0 Å². The molecule has 11 heteroatoms. The molecule has 0 saturated heterocycles. The van der Waals surface area contributed by atoms with Crippen LogP contribution in [0.2, 0.25) is 0 Å². The van der Waals surface area contributed by atoms with Crippen molar-refractivity contribution in [2.75, 3.05) is 25.7 Å². The zero-order valence-electron chi connectivity index (χ0n) is 14.0. The maximum atomic E-state index is 13.9. The fourth-order valence-corrected chi connectivity index (χ4v) is 2.40. The molecule has 9 nitrogen and oxygen atoms in total. The fourth-order valence-electron chi connectivity index (χ4n) is 1.95. The van der Waals surface area contributed by atoms with Crippen LogP contribution in [0, 0.1) is 9.39 Å². The highest BCUT2D eigenvalue weighted by molar-refractivity contribution is 14.1. The first kappa shape index (κ1) is 20.1. The molecule has 1 aromatic heterocycles. The zero-order chi connectivity index (χ0) is 19.3. The Morgan fingerprint density at radius 2 is 2.19 bits per heavy atom. The van der Waals surface area contributed by atoms with Crippen LogP contribution in [0.4, 0.5) is 10.1 Å². The lowest BCUT2D eigenvalue weighted by Crippen LogP contribution is -2.34. The van der Waals surface area contributed by atoms with E-state index < -0.39 is 17.6 Å². The third-order valence-electron chi connectivity index (χ3n) is 3.18. The molecule has 140 valence electrons. The second-order valence-electron chi connectivity index (χ2n) is 5.16. The van der Waals surface area contributed by atoms with Gasteiger partial charge in [0.15, 0.2) is 0 Å². The smallest absolute Gasteiger partial charge is 0.307 e. The number of aliphatic hydroxyl groups is 1. The SMILES string of the molecule is CN(Nc1ccc(I)cc1F)C(=O)c1nc(C(=O)NOCCO)cn1C. The number of hydrazine groups is 1. The van der Waals surface area contributed by atoms with E-state index in [1.54, 1.807) is 13.1 Å². The predicted octanol–water partition coefficient (Wildman–Crippen LogP) is 0.917. The minimum Gasteiger partial charge on any atom is -0.394 e. The minimum atomic E-state index is -0.660. The molecule has 0 unspecified atom stereocenters. The molecular weight excluding hydrogens is 460 g/mol. The molecule has 0 aliphatic rings. The molecule has 0 aliphatic carbocycles. The molecule has 1 heterocycles. The average Bonchev–Trinajstić information content (AvgIpc) is 2.98. The van der Waals surface area contributed by atoms with Gasteiger partial charge in [-0.25, -0.2) is 14.9 Å². The molecule has 0 saturated carbocycles. The lowest BCUT2D eigenvalue weighted by atomic mass is 10.3. The van der Waals surface area contributed by atoms with Crippen LogP contribution in [0.3, 0.4) is 0 Å². The molecule has 2 aromatic rings. The first-order valence-corrected chi connectivity index (χ1v) is 8.47. The molecule has 2 amide bonds. The van der Waals surface area contributed by atoms with Crippen molar-refractivity contribution < 1.29 is 23.9 Å². The van der Waals surface area contributed by atoms with Gasteiger partial charge in [-0.2, -0.15) is 0 Å². The van der Waals surface area contributed by atoms with E-state index in [1.807, 2.05) is 22.6 Å². The summed E-state index contributed by atoms with van der Waals surface area (Å²) in [5, 5.41) is 9.67. The number of nitrogens with zero attached hydrogens (tertiary/aromatic N) is 3. The zero-order valence-corrected chi connectivity index (χ0v) is 16.2. The molecule has 3 N–H and O–H groups in total. The van der Waals surface area contributed by atoms with Crippen molar-refractivity contribution in [3.8, 4) is 0 Å². The number of rotatable bonds is 7. The van der Waals surface area contributed by atoms with Gasteiger partial charge >= 0.3 is 5.91 Å². The second kappa shape index (κ2) is 8.91. The summed E-state index contributed by atoms with van der Waals surface area (Å²) in [7, 11) is 2.96. The number of carbonyl (C=O) groups excluding carboxylic acids is 2. The standard InChI is InChI=1S/C15H17FIN5O4/c1-21-8-12(14(24)20-26-6-5-23)18-13(21)15(25)22(2)19-11-4-3-9(17)7-10(11)16/h3-4,7-8,19,23H,5-6H2,1-2H3,(H,20,24). The summed E-state index contributed by atoms with van der Waals surface area (Å²) in [5.41, 5.74) is 4.83. The number of halogens is 2. The number of aryl methyl sites for hydroxylation is 1. The van der Waals surface area contributed by atoms with E-state index in [0.717, 1.165) is 8.58 Å². The highest BCUT2D eigenvalue weighted by Crippen LogP contribution is 2.18. The molecular formula is C15H17FIN5O4. The Morgan fingerprint density at radius 1 is 1.46 bits per heavy atom. The van der Waals surface area contributed by atoms with Crippen LogP contribution in [0.1, 0.15) is 21.1 Å². The number of aliphatic hydroxyl groups excluding tert-OH is 1. The number of hydroxylamine groups is 1. The summed E-state index contributed by atoms with van der Waals surface area (Å²) in [6.07, 6.45) is 1.35. The largest absolute Gasteiger partial charge is 0.394 e. The topological polar surface area (TPSA) is 109 Å². The van der Waals surface area contributed by atoms with E-state index in [9.17, 15) is 14.0 Å². The Labute approximate surface area is 162 Å². The number of nitrogens with one attached hydrogen (secondary N) is 2. The summed E-state index contributed by atoms with van der Waals surface area (Å²) in [6, 6.07) is 4.54. The Bertz CT molecular complexity index is 813. The fraction of sp³-hybridized carbons (Fsp3) is 0.267. The molecule has 0 spiro atoms. The Kier molecular flexibility index (Phi) is 6.88. The number of carbonyl (C=O) groups is 2. The van der Waals surface area contributed by atoms with Gasteiger partial charge < -0.3 is 9.67 Å². The van der Waals surface area contributed by atoms with E-state index in [1.165, 1.54) is 29.9 Å². The Hall–Kier alpha value is -2.25. The molecule has 1 aromatic carbocycles. The van der Waals surface area contributed by atoms with Gasteiger partial charge in [0.05, 0.1) is 18.9 Å². The van der Waals surface area contributed by atoms with Gasteiger partial charge in [-0.15, -0.1) is 0 Å². The van der Waals surface area contributed by atoms with E-state index >= 15 is 0 Å². The summed E-state index contributed by atoms with van der Waals surface area (Å²) in [4.78, 5) is 33.0. The molecule has 0 bridgehead atoms. The molecule has 0 atom stereocenters. The van der Waals surface area contributed by atoms with Crippen LogP contribution in [-0.2, 0) is 11.9 Å². The number of anilines is 1. The van der Waals surface area contributed by atoms with Crippen molar-refractivity contribution >= 4 is 40.1 Å². The van der Waals surface area contributed by atoms with Gasteiger partial charge in [0.2, 0.25) is 5.82 Å². The van der Waals surface area contributed by atoms with Crippen molar-refractivity contribution in [2.45, 2.75) is 0 Å². The van der Waals surface area contributed by atoms with Gasteiger partial charge in [0.1, 0.15) is 11.5 Å². The second-order valence-corrected chi connectivity index (χ2v) is 6.41. The summed E-state index contributed by atoms with van der Waals surface area (Å²) in [5.74, 6) is -1.76. The van der Waals surface area contributed by atoms with Gasteiger partial charge in [-0.3, -0.25) is 24.9 Å². The maximum absolute atomic E-state index is 13.9. The van der Waals surface area contributed by atoms with Crippen molar-refractivity contribution in [3.05, 3.63) is 45.3 Å². The molecule has 2 rings (SSSR count). The van der Waals surface area contributed by atoms with Gasteiger partial charge in [-0.1, -0.05) is 0 Å². The van der Waals surface area contributed by atoms with E-state index in [4.69, 9.17) is 9.94 Å². The lowest BCUT2D eigenvalue weighted by Gasteiger charge is -2.19. The Morgan fingerprint density at radius 3 is 2.85 bits per heavy atom. The van der Waals surface area contributed by atoms with Gasteiger partial charge in [-0.05, 0) is 40.8 Å². The van der Waals surface area contributed by atoms with Crippen molar-refractivity contribution in [1.82, 2.24) is 20.0 Å². The highest BCUT2D eigenvalue weighted by atomic mass is 127. The molecule has 0 aliphatic heterocycles. The first-order valence-electron chi connectivity index (χ1n) is 7.39. The van der Waals surface area contributed by atoms with Crippen molar-refractivity contribution in [3.63, 3.8) is 0 Å². The third kappa shape index (κ3) is 4.89. The van der Waals surface area contributed by atoms with E-state index in [-0.39, 0.29) is 30.4 Å². The summed E-state index contributed by atoms with van der Waals surface area (Å²) < 4.78 is 16.0. The van der Waals surface area contributed by atoms with Gasteiger partial charge in [0, 0.05) is 23.9 Å². The van der Waals surface area contributed by atoms with Crippen LogP contribution in [0.5, 0.6) is 0 Å². The van der Waals surface area contributed by atoms with Crippen LogP contribution in [0.25, 0.3) is 0 Å². The third-order valence-corrected chi connectivity index (χ3v) is 3.85.